The summed E-state index contributed by atoms with van der Waals surface area (Å²) >= 11 is 6.16. The lowest BCUT2D eigenvalue weighted by Crippen LogP contribution is -2.27. The van der Waals surface area contributed by atoms with E-state index in [1.165, 1.54) is 0 Å². The van der Waals surface area contributed by atoms with Crippen molar-refractivity contribution in [3.63, 3.8) is 0 Å². The van der Waals surface area contributed by atoms with Crippen LogP contribution in [0.1, 0.15) is 16.1 Å². The molecule has 0 saturated carbocycles. The topological polar surface area (TPSA) is 54.5 Å². The lowest BCUT2D eigenvalue weighted by atomic mass is 10.2. The number of methoxy groups -OCH3 is 1. The van der Waals surface area contributed by atoms with Crippen LogP contribution in [0.25, 0.3) is 0 Å². The molecule has 1 heterocycles. The number of halogens is 1. The molecule has 6 heteroatoms. The third-order valence-electron chi connectivity index (χ3n) is 4.03. The Kier molecular flexibility index (Phi) is 5.94. The van der Waals surface area contributed by atoms with Gasteiger partial charge in [-0.25, -0.2) is 0 Å². The molecular formula is C21H20ClN3O2. The van der Waals surface area contributed by atoms with Gasteiger partial charge in [0, 0.05) is 31.2 Å². The highest BCUT2D eigenvalue weighted by atomic mass is 35.5. The van der Waals surface area contributed by atoms with E-state index in [0.29, 0.717) is 23.0 Å². The smallest absolute Gasteiger partial charge is 0.272 e. The van der Waals surface area contributed by atoms with Gasteiger partial charge in [-0.05, 0) is 35.9 Å². The van der Waals surface area contributed by atoms with Crippen molar-refractivity contribution in [2.24, 2.45) is 0 Å². The van der Waals surface area contributed by atoms with Crippen LogP contribution in [0.15, 0.2) is 66.9 Å². The second kappa shape index (κ2) is 8.56. The van der Waals surface area contributed by atoms with Crippen LogP contribution in [0, 0.1) is 0 Å². The fourth-order valence-electron chi connectivity index (χ4n) is 2.66. The highest BCUT2D eigenvalue weighted by molar-refractivity contribution is 6.32. The van der Waals surface area contributed by atoms with Gasteiger partial charge >= 0.3 is 0 Å². The van der Waals surface area contributed by atoms with Gasteiger partial charge in [-0.1, -0.05) is 41.9 Å². The Morgan fingerprint density at radius 3 is 2.56 bits per heavy atom. The largest absolute Gasteiger partial charge is 0.495 e. The highest BCUT2D eigenvalue weighted by Crippen LogP contribution is 2.28. The number of hydrogen-bond acceptors (Lipinski definition) is 4. The van der Waals surface area contributed by atoms with Crippen LogP contribution in [0.2, 0.25) is 5.02 Å². The maximum Gasteiger partial charge on any atom is 0.272 e. The molecule has 0 aliphatic carbocycles. The zero-order chi connectivity index (χ0) is 19.2. The van der Waals surface area contributed by atoms with Crippen LogP contribution in [0.3, 0.4) is 0 Å². The molecule has 0 spiro atoms. The van der Waals surface area contributed by atoms with Crippen molar-refractivity contribution in [2.45, 2.75) is 6.54 Å². The minimum Gasteiger partial charge on any atom is -0.495 e. The number of nitrogens with zero attached hydrogens (tertiary/aromatic N) is 2. The molecule has 1 aromatic heterocycles. The van der Waals surface area contributed by atoms with Crippen LogP contribution < -0.4 is 10.1 Å². The number of aromatic nitrogens is 1. The van der Waals surface area contributed by atoms with Crippen molar-refractivity contribution < 1.29 is 9.53 Å². The number of rotatable bonds is 6. The molecule has 0 aliphatic rings. The van der Waals surface area contributed by atoms with Crippen LogP contribution in [0.5, 0.6) is 5.75 Å². The molecule has 5 nitrogen and oxygen atoms in total. The van der Waals surface area contributed by atoms with Crippen molar-refractivity contribution in [1.29, 1.82) is 0 Å². The second-order valence-corrected chi connectivity index (χ2v) is 6.46. The molecule has 0 fully saturated rings. The fourth-order valence-corrected chi connectivity index (χ4v) is 2.92. The lowest BCUT2D eigenvalue weighted by molar-refractivity contribution is 0.0779. The molecule has 138 valence electrons. The van der Waals surface area contributed by atoms with E-state index in [0.717, 1.165) is 16.9 Å². The van der Waals surface area contributed by atoms with E-state index >= 15 is 0 Å². The summed E-state index contributed by atoms with van der Waals surface area (Å²) in [5.41, 5.74) is 2.99. The molecular weight excluding hydrogens is 362 g/mol. The summed E-state index contributed by atoms with van der Waals surface area (Å²) in [6, 6.07) is 18.8. The SMILES string of the molecule is COc1ccc(Nc2ccnc(C(=O)N(C)Cc3ccccc3)c2)cc1Cl. The lowest BCUT2D eigenvalue weighted by Gasteiger charge is -2.17. The van der Waals surface area contributed by atoms with Gasteiger partial charge in [0.05, 0.1) is 12.1 Å². The van der Waals surface area contributed by atoms with Gasteiger partial charge in [0.1, 0.15) is 11.4 Å². The predicted molar refractivity (Wildman–Crippen MR) is 108 cm³/mol. The number of carbonyl (C=O) groups is 1. The molecule has 0 unspecified atom stereocenters. The number of hydrogen-bond donors (Lipinski definition) is 1. The summed E-state index contributed by atoms with van der Waals surface area (Å²) in [6.45, 7) is 0.521. The van der Waals surface area contributed by atoms with Gasteiger partial charge in [-0.3, -0.25) is 9.78 Å². The Morgan fingerprint density at radius 2 is 1.85 bits per heavy atom. The van der Waals surface area contributed by atoms with Crippen molar-refractivity contribution in [3.8, 4) is 5.75 Å². The third kappa shape index (κ3) is 4.77. The molecule has 3 rings (SSSR count). The zero-order valence-electron chi connectivity index (χ0n) is 15.1. The molecule has 0 bridgehead atoms. The minimum atomic E-state index is -0.143. The first-order chi connectivity index (χ1) is 13.1. The monoisotopic (exact) mass is 381 g/mol. The summed E-state index contributed by atoms with van der Waals surface area (Å²) in [5.74, 6) is 0.464. The molecule has 2 aromatic carbocycles. The molecule has 0 aliphatic heterocycles. The van der Waals surface area contributed by atoms with Crippen LogP contribution >= 0.6 is 11.6 Å². The van der Waals surface area contributed by atoms with Gasteiger partial charge in [-0.2, -0.15) is 0 Å². The van der Waals surface area contributed by atoms with Gasteiger partial charge in [0.15, 0.2) is 0 Å². The fraction of sp³-hybridized carbons (Fsp3) is 0.143. The molecule has 1 N–H and O–H groups in total. The van der Waals surface area contributed by atoms with Gasteiger partial charge in [0.25, 0.3) is 5.91 Å². The quantitative estimate of drug-likeness (QED) is 0.668. The van der Waals surface area contributed by atoms with Crippen LogP contribution in [-0.4, -0.2) is 29.9 Å². The number of nitrogens with one attached hydrogen (secondary N) is 1. The van der Waals surface area contributed by atoms with E-state index in [-0.39, 0.29) is 5.91 Å². The summed E-state index contributed by atoms with van der Waals surface area (Å²) < 4.78 is 5.16. The Balaban J connectivity index is 1.72. The Labute approximate surface area is 163 Å². The molecule has 0 saturated heterocycles. The molecule has 1 amide bonds. The maximum atomic E-state index is 12.7. The van der Waals surface area contributed by atoms with Crippen molar-refractivity contribution in [1.82, 2.24) is 9.88 Å². The van der Waals surface area contributed by atoms with E-state index < -0.39 is 0 Å². The third-order valence-corrected chi connectivity index (χ3v) is 4.32. The molecule has 27 heavy (non-hydrogen) atoms. The first-order valence-electron chi connectivity index (χ1n) is 8.43. The Morgan fingerprint density at radius 1 is 1.11 bits per heavy atom. The van der Waals surface area contributed by atoms with Crippen molar-refractivity contribution in [3.05, 3.63) is 83.1 Å². The van der Waals surface area contributed by atoms with E-state index in [9.17, 15) is 4.79 Å². The maximum absolute atomic E-state index is 12.7. The second-order valence-electron chi connectivity index (χ2n) is 6.05. The summed E-state index contributed by atoms with van der Waals surface area (Å²) in [5, 5.41) is 3.74. The highest BCUT2D eigenvalue weighted by Gasteiger charge is 2.14. The standard InChI is InChI=1S/C21H20ClN3O2/c1-25(14-15-6-4-3-5-7-15)21(26)19-13-17(10-11-23-19)24-16-8-9-20(27-2)18(22)12-16/h3-13H,14H2,1-2H3,(H,23,24). The van der Waals surface area contributed by atoms with Crippen LogP contribution in [-0.2, 0) is 6.54 Å². The van der Waals surface area contributed by atoms with E-state index in [2.05, 4.69) is 10.3 Å². The Bertz CT molecular complexity index is 932. The number of anilines is 2. The van der Waals surface area contributed by atoms with E-state index in [1.807, 2.05) is 36.4 Å². The number of carbonyl (C=O) groups excluding carboxylic acids is 1. The van der Waals surface area contributed by atoms with Crippen LogP contribution in [0.4, 0.5) is 11.4 Å². The number of ether oxygens (including phenoxy) is 1. The van der Waals surface area contributed by atoms with Gasteiger partial charge in [-0.15, -0.1) is 0 Å². The first-order valence-corrected chi connectivity index (χ1v) is 8.80. The van der Waals surface area contributed by atoms with Crippen molar-refractivity contribution >= 4 is 28.9 Å². The zero-order valence-corrected chi connectivity index (χ0v) is 15.9. The number of benzene rings is 2. The normalized spacial score (nSPS) is 10.3. The van der Waals surface area contributed by atoms with Gasteiger partial charge < -0.3 is 15.0 Å². The van der Waals surface area contributed by atoms with Gasteiger partial charge in [0.2, 0.25) is 0 Å². The van der Waals surface area contributed by atoms with E-state index in [4.69, 9.17) is 16.3 Å². The summed E-state index contributed by atoms with van der Waals surface area (Å²) in [6.07, 6.45) is 1.61. The molecule has 3 aromatic rings. The predicted octanol–water partition coefficient (Wildman–Crippen LogP) is 4.76. The summed E-state index contributed by atoms with van der Waals surface area (Å²) in [7, 11) is 3.33. The molecule has 0 radical (unpaired) electrons. The first kappa shape index (κ1) is 18.7. The van der Waals surface area contributed by atoms with E-state index in [1.54, 1.807) is 49.5 Å². The molecule has 0 atom stereocenters. The van der Waals surface area contributed by atoms with Crippen molar-refractivity contribution in [2.75, 3.05) is 19.5 Å². The number of pyridine rings is 1. The number of amides is 1. The Hall–Kier alpha value is -3.05. The average Bonchev–Trinajstić information content (AvgIpc) is 2.68. The summed E-state index contributed by atoms with van der Waals surface area (Å²) in [4.78, 5) is 18.5. The average molecular weight is 382 g/mol. The minimum absolute atomic E-state index is 0.143.